The molecule has 0 saturated heterocycles. The Balaban J connectivity index is 4.62. The van der Waals surface area contributed by atoms with Crippen LogP contribution in [-0.4, -0.2) is 95.9 Å². The molecule has 0 bridgehead atoms. The number of allylic oxidation sites excluding steroid dienone is 34. The molecular formula is C93H150O16P2. The third-order valence-corrected chi connectivity index (χ3v) is 18.9. The standard InChI is InChI=1S/C93H150O16P2/c1-4-7-10-13-16-19-22-25-28-31-34-37-38-39-40-41-42-43-44-45-46-47-48-51-53-55-58-61-64-67-70-73-76-79-91(96)103-82-88(94)83-105-110(99,100)106-84-89(95)85-107-111(101,102)108-87-90(109-93(98)81-78-75-72-69-66-63-60-57-54-50-36-33-30-27-24-21-18-15-12-9-6-3)86-104-92(97)80-77-74-71-68-65-62-59-56-52-49-35-32-29-26-23-20-17-14-11-8-5-2/h7-12,16-21,25-30,34-37,39-40,49-50,56-57,59-60,65-66,68-69,88-90,94-95H,4-6,13-15,22-24,31-33,38,41-48,51-55,58,61-64,67,70-87H2,1-3H3,(H,99,100)(H,101,102)/b10-7-,11-8-,12-9-,19-16-,20-17-,21-18-,28-25-,29-26-,30-27-,37-34-,40-39-,49-35-,50-36-,59-56-,60-57-,68-65-,69-66-. The van der Waals surface area contributed by atoms with E-state index in [1.807, 2.05) is 0 Å². The monoisotopic (exact) mass is 1590 g/mol. The fourth-order valence-electron chi connectivity index (χ4n) is 10.7. The number of aliphatic hydroxyl groups is 2. The minimum absolute atomic E-state index is 0.0311. The lowest BCUT2D eigenvalue weighted by Crippen LogP contribution is -2.30. The summed E-state index contributed by atoms with van der Waals surface area (Å²) in [5, 5.41) is 20.7. The first-order chi connectivity index (χ1) is 54.2. The second kappa shape index (κ2) is 83.6. The van der Waals surface area contributed by atoms with E-state index in [1.165, 1.54) is 89.9 Å². The Morgan fingerprint density at radius 1 is 0.252 bits per heavy atom. The number of carbonyl (C=O) groups is 3. The SMILES string of the molecule is CC/C=C\C/C=C\C/C=C\C/C=C\C/C=C\C/C=C\CCCCC(=O)OCC(COP(=O)(O)OCC(O)COP(=O)(O)OCC(O)COC(=O)CCCCCCCCCCCCCCCCCCC/C=C\C/C=C\C/C=C\C/C=C\C/C=C\CC)OC(=O)CCCC/C=C\C/C=C\C/C=C\C/C=C\C/C=C\C/C=C\CC. The van der Waals surface area contributed by atoms with Crippen LogP contribution < -0.4 is 0 Å². The van der Waals surface area contributed by atoms with E-state index < -0.39 is 91.5 Å². The normalized spacial score (nSPS) is 14.9. The van der Waals surface area contributed by atoms with E-state index in [-0.39, 0.29) is 19.3 Å². The Labute approximate surface area is 673 Å². The summed E-state index contributed by atoms with van der Waals surface area (Å²) >= 11 is 0. The van der Waals surface area contributed by atoms with Gasteiger partial charge in [0.15, 0.2) is 6.10 Å². The van der Waals surface area contributed by atoms with Crippen LogP contribution in [0, 0.1) is 0 Å². The Kier molecular flexibility index (Phi) is 79.1. The minimum Gasteiger partial charge on any atom is -0.463 e. The van der Waals surface area contributed by atoms with Gasteiger partial charge in [0.25, 0.3) is 0 Å². The highest BCUT2D eigenvalue weighted by molar-refractivity contribution is 7.47. The molecule has 18 heteroatoms. The number of rotatable bonds is 78. The molecule has 0 amide bonds. The first kappa shape index (κ1) is 105. The molecule has 0 aromatic heterocycles. The van der Waals surface area contributed by atoms with Crippen molar-refractivity contribution in [2.24, 2.45) is 0 Å². The molecule has 0 aliphatic rings. The van der Waals surface area contributed by atoms with E-state index in [2.05, 4.69) is 227 Å². The fourth-order valence-corrected chi connectivity index (χ4v) is 12.2. The van der Waals surface area contributed by atoms with Gasteiger partial charge in [-0.05, 0) is 167 Å². The molecule has 0 aliphatic heterocycles. The van der Waals surface area contributed by atoms with Crippen LogP contribution in [0.3, 0.4) is 0 Å². The van der Waals surface area contributed by atoms with Gasteiger partial charge in [0, 0.05) is 19.3 Å². The maximum Gasteiger partial charge on any atom is 0.472 e. The van der Waals surface area contributed by atoms with Crippen molar-refractivity contribution < 1.29 is 75.8 Å². The van der Waals surface area contributed by atoms with Gasteiger partial charge in [-0.1, -0.05) is 324 Å². The third kappa shape index (κ3) is 84.9. The molecule has 0 aromatic rings. The van der Waals surface area contributed by atoms with E-state index in [1.54, 1.807) is 0 Å². The molecule has 0 fully saturated rings. The molecule has 4 N–H and O–H groups in total. The summed E-state index contributed by atoms with van der Waals surface area (Å²) in [6, 6.07) is 0. The van der Waals surface area contributed by atoms with Gasteiger partial charge < -0.3 is 34.2 Å². The summed E-state index contributed by atoms with van der Waals surface area (Å²) in [6.45, 7) is 2.22. The second-order valence-corrected chi connectivity index (χ2v) is 30.4. The highest BCUT2D eigenvalue weighted by Crippen LogP contribution is 2.45. The maximum atomic E-state index is 13.0. The number of hydrogen-bond acceptors (Lipinski definition) is 14. The van der Waals surface area contributed by atoms with E-state index in [0.29, 0.717) is 25.7 Å². The Morgan fingerprint density at radius 2 is 0.450 bits per heavy atom. The summed E-state index contributed by atoms with van der Waals surface area (Å²) in [7, 11) is -9.84. The molecule has 0 aliphatic carbocycles. The molecule has 0 spiro atoms. The lowest BCUT2D eigenvalue weighted by Gasteiger charge is -2.21. The minimum atomic E-state index is -4.97. The summed E-state index contributed by atoms with van der Waals surface area (Å²) in [5.74, 6) is -1.69. The average Bonchev–Trinajstić information content (AvgIpc) is 0.902. The Morgan fingerprint density at radius 3 is 0.730 bits per heavy atom. The van der Waals surface area contributed by atoms with Crippen molar-refractivity contribution in [1.82, 2.24) is 0 Å². The Hall–Kier alpha value is -5.87. The average molecular weight is 1590 g/mol. The van der Waals surface area contributed by atoms with Crippen LogP contribution in [0.5, 0.6) is 0 Å². The van der Waals surface area contributed by atoms with Crippen LogP contribution in [0.2, 0.25) is 0 Å². The van der Waals surface area contributed by atoms with Gasteiger partial charge in [-0.2, -0.15) is 0 Å². The number of phosphoric ester groups is 2. The molecule has 5 atom stereocenters. The lowest BCUT2D eigenvalue weighted by atomic mass is 10.0. The molecule has 0 saturated carbocycles. The zero-order valence-corrected chi connectivity index (χ0v) is 70.6. The highest BCUT2D eigenvalue weighted by atomic mass is 31.2. The van der Waals surface area contributed by atoms with Crippen LogP contribution in [0.25, 0.3) is 0 Å². The molecule has 0 radical (unpaired) electrons. The first-order valence-electron chi connectivity index (χ1n) is 42.4. The topological polar surface area (TPSA) is 231 Å². The predicted molar refractivity (Wildman–Crippen MR) is 463 cm³/mol. The van der Waals surface area contributed by atoms with Crippen molar-refractivity contribution in [3.8, 4) is 0 Å². The van der Waals surface area contributed by atoms with Gasteiger partial charge in [-0.3, -0.25) is 32.5 Å². The van der Waals surface area contributed by atoms with Crippen molar-refractivity contribution in [1.29, 1.82) is 0 Å². The van der Waals surface area contributed by atoms with Crippen LogP contribution in [0.4, 0.5) is 0 Å². The number of carbonyl (C=O) groups excluding carboxylic acids is 3. The second-order valence-electron chi connectivity index (χ2n) is 27.5. The summed E-state index contributed by atoms with van der Waals surface area (Å²) in [5.41, 5.74) is 0. The van der Waals surface area contributed by atoms with Crippen LogP contribution in [0.15, 0.2) is 207 Å². The third-order valence-electron chi connectivity index (χ3n) is 17.0. The van der Waals surface area contributed by atoms with Crippen LogP contribution in [-0.2, 0) is 55.8 Å². The van der Waals surface area contributed by atoms with E-state index >= 15 is 0 Å². The largest absolute Gasteiger partial charge is 0.472 e. The van der Waals surface area contributed by atoms with Gasteiger partial charge in [0.1, 0.15) is 25.4 Å². The molecule has 0 aromatic carbocycles. The molecule has 5 unspecified atom stereocenters. The number of aliphatic hydroxyl groups excluding tert-OH is 2. The fraction of sp³-hybridized carbons (Fsp3) is 0.602. The zero-order valence-electron chi connectivity index (χ0n) is 68.8. The number of hydrogen-bond donors (Lipinski definition) is 4. The van der Waals surface area contributed by atoms with Crippen LogP contribution in [0.1, 0.15) is 303 Å². The molecular weight excluding hydrogens is 1430 g/mol. The summed E-state index contributed by atoms with van der Waals surface area (Å²) in [4.78, 5) is 58.8. The Bertz CT molecular complexity index is 2850. The number of unbranched alkanes of at least 4 members (excludes halogenated alkanes) is 21. The lowest BCUT2D eigenvalue weighted by molar-refractivity contribution is -0.161. The maximum absolute atomic E-state index is 13.0. The molecule has 16 nitrogen and oxygen atoms in total. The van der Waals surface area contributed by atoms with Crippen molar-refractivity contribution in [3.05, 3.63) is 207 Å². The zero-order chi connectivity index (χ0) is 80.8. The molecule has 0 heterocycles. The predicted octanol–water partition coefficient (Wildman–Crippen LogP) is 25.7. The summed E-state index contributed by atoms with van der Waals surface area (Å²) < 4.78 is 61.2. The van der Waals surface area contributed by atoms with Crippen molar-refractivity contribution in [3.63, 3.8) is 0 Å². The van der Waals surface area contributed by atoms with Gasteiger partial charge in [0.05, 0.1) is 26.4 Å². The molecule has 0 rings (SSSR count). The smallest absolute Gasteiger partial charge is 0.463 e. The van der Waals surface area contributed by atoms with Gasteiger partial charge >= 0.3 is 33.6 Å². The quantitative estimate of drug-likeness (QED) is 0.0146. The van der Waals surface area contributed by atoms with Gasteiger partial charge in [0.2, 0.25) is 0 Å². The van der Waals surface area contributed by atoms with Crippen molar-refractivity contribution >= 4 is 33.6 Å². The van der Waals surface area contributed by atoms with Gasteiger partial charge in [-0.15, -0.1) is 0 Å². The highest BCUT2D eigenvalue weighted by Gasteiger charge is 2.29. The molecule has 111 heavy (non-hydrogen) atoms. The summed E-state index contributed by atoms with van der Waals surface area (Å²) in [6.07, 6.45) is 112. The number of phosphoric acid groups is 2. The number of ether oxygens (including phenoxy) is 3. The van der Waals surface area contributed by atoms with Crippen molar-refractivity contribution in [2.45, 2.75) is 322 Å². The van der Waals surface area contributed by atoms with E-state index in [9.17, 15) is 43.5 Å². The molecule has 628 valence electrons. The van der Waals surface area contributed by atoms with E-state index in [0.717, 1.165) is 148 Å². The van der Waals surface area contributed by atoms with Gasteiger partial charge in [-0.25, -0.2) is 9.13 Å². The van der Waals surface area contributed by atoms with Crippen LogP contribution >= 0.6 is 15.6 Å². The number of esters is 3. The van der Waals surface area contributed by atoms with E-state index in [4.69, 9.17) is 32.3 Å². The van der Waals surface area contributed by atoms with Crippen molar-refractivity contribution in [2.75, 3.05) is 39.6 Å². The first-order valence-corrected chi connectivity index (χ1v) is 45.4.